The van der Waals surface area contributed by atoms with Crippen molar-refractivity contribution in [2.45, 2.75) is 19.3 Å². The van der Waals surface area contributed by atoms with Crippen LogP contribution in [0.15, 0.2) is 30.3 Å². The molecular formula is C12H12. The van der Waals surface area contributed by atoms with Gasteiger partial charge in [0, 0.05) is 12.3 Å². The van der Waals surface area contributed by atoms with E-state index in [1.807, 2.05) is 6.07 Å². The summed E-state index contributed by atoms with van der Waals surface area (Å²) in [5.41, 5.74) is 1.32. The van der Waals surface area contributed by atoms with E-state index in [1.54, 1.807) is 0 Å². The van der Waals surface area contributed by atoms with Crippen molar-refractivity contribution < 1.29 is 0 Å². The lowest BCUT2D eigenvalue weighted by Crippen LogP contribution is -1.78. The van der Waals surface area contributed by atoms with E-state index in [-0.39, 0.29) is 0 Å². The first-order chi connectivity index (χ1) is 5.95. The summed E-state index contributed by atoms with van der Waals surface area (Å²) in [5, 5.41) is 0. The van der Waals surface area contributed by atoms with Gasteiger partial charge in [0.2, 0.25) is 0 Å². The van der Waals surface area contributed by atoms with Gasteiger partial charge in [0.25, 0.3) is 0 Å². The van der Waals surface area contributed by atoms with Crippen molar-refractivity contribution in [1.82, 2.24) is 0 Å². The normalized spacial score (nSPS) is 15.0. The highest BCUT2D eigenvalue weighted by molar-refractivity contribution is 5.22. The molecule has 1 aromatic rings. The first-order valence-corrected chi connectivity index (χ1v) is 4.47. The van der Waals surface area contributed by atoms with Gasteiger partial charge >= 0.3 is 0 Å². The van der Waals surface area contributed by atoms with E-state index in [2.05, 4.69) is 36.1 Å². The van der Waals surface area contributed by atoms with Crippen LogP contribution in [0, 0.1) is 17.8 Å². The molecule has 1 aliphatic rings. The quantitative estimate of drug-likeness (QED) is 0.548. The molecule has 0 radical (unpaired) electrons. The number of hydrogen-bond acceptors (Lipinski definition) is 0. The SMILES string of the molecule is C(#CC1CC1)Cc1ccccc1. The molecule has 0 saturated heterocycles. The summed E-state index contributed by atoms with van der Waals surface area (Å²) in [7, 11) is 0. The zero-order valence-corrected chi connectivity index (χ0v) is 7.09. The van der Waals surface area contributed by atoms with Crippen LogP contribution in [0.2, 0.25) is 0 Å². The third-order valence-corrected chi connectivity index (χ3v) is 2.02. The Morgan fingerprint density at radius 2 is 1.92 bits per heavy atom. The van der Waals surface area contributed by atoms with Crippen molar-refractivity contribution in [3.63, 3.8) is 0 Å². The summed E-state index contributed by atoms with van der Waals surface area (Å²) in [4.78, 5) is 0. The van der Waals surface area contributed by atoms with Gasteiger partial charge in [-0.3, -0.25) is 0 Å². The van der Waals surface area contributed by atoms with Crippen molar-refractivity contribution in [1.29, 1.82) is 0 Å². The van der Waals surface area contributed by atoms with E-state index in [1.165, 1.54) is 18.4 Å². The van der Waals surface area contributed by atoms with Crippen LogP contribution in [-0.2, 0) is 6.42 Å². The average Bonchev–Trinajstić information content (AvgIpc) is 2.90. The van der Waals surface area contributed by atoms with Gasteiger partial charge in [-0.15, -0.1) is 0 Å². The van der Waals surface area contributed by atoms with E-state index < -0.39 is 0 Å². The second-order valence-electron chi connectivity index (χ2n) is 3.26. The van der Waals surface area contributed by atoms with E-state index in [4.69, 9.17) is 0 Å². The third-order valence-electron chi connectivity index (χ3n) is 2.02. The average molecular weight is 156 g/mol. The molecule has 0 aliphatic heterocycles. The van der Waals surface area contributed by atoms with Crippen LogP contribution in [0.1, 0.15) is 18.4 Å². The number of benzene rings is 1. The summed E-state index contributed by atoms with van der Waals surface area (Å²) < 4.78 is 0. The molecule has 0 heterocycles. The first-order valence-electron chi connectivity index (χ1n) is 4.47. The fraction of sp³-hybridized carbons (Fsp3) is 0.333. The molecule has 0 amide bonds. The second kappa shape index (κ2) is 3.45. The second-order valence-corrected chi connectivity index (χ2v) is 3.26. The minimum atomic E-state index is 0.730. The zero-order valence-electron chi connectivity index (χ0n) is 7.09. The topological polar surface area (TPSA) is 0 Å². The van der Waals surface area contributed by atoms with Crippen LogP contribution in [0.25, 0.3) is 0 Å². The number of hydrogen-bond donors (Lipinski definition) is 0. The molecular weight excluding hydrogens is 144 g/mol. The summed E-state index contributed by atoms with van der Waals surface area (Å²) >= 11 is 0. The monoisotopic (exact) mass is 156 g/mol. The lowest BCUT2D eigenvalue weighted by Gasteiger charge is -1.90. The Morgan fingerprint density at radius 3 is 2.58 bits per heavy atom. The van der Waals surface area contributed by atoms with Gasteiger partial charge in [0.15, 0.2) is 0 Å². The van der Waals surface area contributed by atoms with E-state index in [9.17, 15) is 0 Å². The van der Waals surface area contributed by atoms with Gasteiger partial charge in [0.1, 0.15) is 0 Å². The Balaban J connectivity index is 1.92. The summed E-state index contributed by atoms with van der Waals surface area (Å²) in [5.74, 6) is 7.20. The van der Waals surface area contributed by atoms with Crippen molar-refractivity contribution in [2.75, 3.05) is 0 Å². The van der Waals surface area contributed by atoms with Crippen molar-refractivity contribution in [2.24, 2.45) is 5.92 Å². The zero-order chi connectivity index (χ0) is 8.23. The molecule has 0 atom stereocenters. The first kappa shape index (κ1) is 7.43. The van der Waals surface area contributed by atoms with Crippen molar-refractivity contribution >= 4 is 0 Å². The molecule has 2 rings (SSSR count). The molecule has 0 N–H and O–H groups in total. The van der Waals surface area contributed by atoms with Gasteiger partial charge in [-0.2, -0.15) is 0 Å². The molecule has 1 fully saturated rings. The van der Waals surface area contributed by atoms with Crippen molar-refractivity contribution in [3.05, 3.63) is 35.9 Å². The Labute approximate surface area is 73.6 Å². The lowest BCUT2D eigenvalue weighted by atomic mass is 10.1. The maximum Gasteiger partial charge on any atom is 0.0340 e. The Hall–Kier alpha value is -1.22. The van der Waals surface area contributed by atoms with Crippen LogP contribution in [0.5, 0.6) is 0 Å². The van der Waals surface area contributed by atoms with Crippen LogP contribution in [0.4, 0.5) is 0 Å². The van der Waals surface area contributed by atoms with Crippen LogP contribution < -0.4 is 0 Å². The molecule has 0 heteroatoms. The minimum Gasteiger partial charge on any atom is -0.0996 e. The summed E-state index contributed by atoms with van der Waals surface area (Å²) in [6.07, 6.45) is 3.56. The highest BCUT2D eigenvalue weighted by Gasteiger charge is 2.17. The van der Waals surface area contributed by atoms with Crippen LogP contribution in [-0.4, -0.2) is 0 Å². The van der Waals surface area contributed by atoms with Gasteiger partial charge in [-0.1, -0.05) is 42.2 Å². The van der Waals surface area contributed by atoms with Gasteiger partial charge in [-0.25, -0.2) is 0 Å². The largest absolute Gasteiger partial charge is 0.0996 e. The molecule has 1 aliphatic carbocycles. The minimum absolute atomic E-state index is 0.730. The van der Waals surface area contributed by atoms with Crippen LogP contribution in [0.3, 0.4) is 0 Å². The molecule has 1 saturated carbocycles. The fourth-order valence-electron chi connectivity index (χ4n) is 1.12. The Morgan fingerprint density at radius 1 is 1.17 bits per heavy atom. The summed E-state index contributed by atoms with van der Waals surface area (Å²) in [6.45, 7) is 0. The molecule has 1 aromatic carbocycles. The lowest BCUT2D eigenvalue weighted by molar-refractivity contribution is 1.17. The predicted molar refractivity (Wildman–Crippen MR) is 50.6 cm³/mol. The third kappa shape index (κ3) is 2.13. The van der Waals surface area contributed by atoms with E-state index in [0.29, 0.717) is 0 Å². The van der Waals surface area contributed by atoms with Crippen molar-refractivity contribution in [3.8, 4) is 11.8 Å². The predicted octanol–water partition coefficient (Wildman–Crippen LogP) is 2.64. The molecule has 0 aromatic heterocycles. The maximum absolute atomic E-state index is 3.26. The molecule has 0 bridgehead atoms. The highest BCUT2D eigenvalue weighted by Crippen LogP contribution is 2.27. The molecule has 0 unspecified atom stereocenters. The van der Waals surface area contributed by atoms with E-state index >= 15 is 0 Å². The maximum atomic E-state index is 3.26. The highest BCUT2D eigenvalue weighted by atomic mass is 14.2. The fourth-order valence-corrected chi connectivity index (χ4v) is 1.12. The summed E-state index contributed by atoms with van der Waals surface area (Å²) in [6, 6.07) is 10.4. The molecule has 0 nitrogen and oxygen atoms in total. The smallest absolute Gasteiger partial charge is 0.0340 e. The Kier molecular flexibility index (Phi) is 2.14. The van der Waals surface area contributed by atoms with Gasteiger partial charge in [-0.05, 0) is 18.4 Å². The molecule has 12 heavy (non-hydrogen) atoms. The molecule has 60 valence electrons. The number of rotatable bonds is 1. The standard InChI is InChI=1S/C12H12/c1-2-5-11(6-3-1)7-4-8-12-9-10-12/h1-3,5-6,12H,7,9-10H2. The van der Waals surface area contributed by atoms with E-state index in [0.717, 1.165) is 12.3 Å². The van der Waals surface area contributed by atoms with Crippen LogP contribution >= 0.6 is 0 Å². The van der Waals surface area contributed by atoms with Gasteiger partial charge < -0.3 is 0 Å². The Bertz CT molecular complexity index is 296. The molecule has 0 spiro atoms. The van der Waals surface area contributed by atoms with Gasteiger partial charge in [0.05, 0.1) is 0 Å².